The van der Waals surface area contributed by atoms with Crippen molar-refractivity contribution in [2.24, 2.45) is 5.92 Å². The van der Waals surface area contributed by atoms with Crippen molar-refractivity contribution in [1.82, 2.24) is 19.2 Å². The van der Waals surface area contributed by atoms with Gasteiger partial charge in [0, 0.05) is 49.7 Å². The average Bonchev–Trinajstić information content (AvgIpc) is 3.64. The molecule has 7 rings (SSSR count). The monoisotopic (exact) mass is 576 g/mol. The molecule has 2 fully saturated rings. The van der Waals surface area contributed by atoms with E-state index in [0.29, 0.717) is 41.8 Å². The number of carbonyl (C=O) groups is 2. The van der Waals surface area contributed by atoms with Gasteiger partial charge >= 0.3 is 0 Å². The zero-order valence-corrected chi connectivity index (χ0v) is 23.7. The largest absolute Gasteiger partial charge is 0.439 e. The summed E-state index contributed by atoms with van der Waals surface area (Å²) in [5, 5.41) is 0.539. The number of hydrogen-bond acceptors (Lipinski definition) is 4. The van der Waals surface area contributed by atoms with Crippen LogP contribution in [0.15, 0.2) is 103 Å². The second kappa shape index (κ2) is 11.0. The smallest absolute Gasteiger partial charge is 0.256 e. The molecule has 0 unspecified atom stereocenters. The number of amides is 2. The molecule has 0 aliphatic carbocycles. The molecule has 5 heterocycles. The number of halogens is 1. The van der Waals surface area contributed by atoms with Crippen molar-refractivity contribution in [2.45, 2.75) is 18.9 Å². The van der Waals surface area contributed by atoms with E-state index in [1.807, 2.05) is 58.5 Å². The van der Waals surface area contributed by atoms with E-state index in [0.717, 1.165) is 35.2 Å². The van der Waals surface area contributed by atoms with E-state index in [2.05, 4.69) is 21.5 Å². The molecule has 0 radical (unpaired) electrons. The number of carbonyl (C=O) groups excluding carboxylic acids is 2. The molecule has 2 saturated heterocycles. The van der Waals surface area contributed by atoms with Crippen LogP contribution in [0.5, 0.6) is 11.6 Å². The summed E-state index contributed by atoms with van der Waals surface area (Å²) in [5.41, 5.74) is 4.34. The molecule has 8 heteroatoms. The maximum atomic E-state index is 14.0. The van der Waals surface area contributed by atoms with Crippen LogP contribution in [0.1, 0.15) is 33.6 Å². The second-order valence-corrected chi connectivity index (χ2v) is 11.3. The van der Waals surface area contributed by atoms with Gasteiger partial charge in [-0.25, -0.2) is 4.98 Å². The van der Waals surface area contributed by atoms with E-state index >= 15 is 0 Å². The summed E-state index contributed by atoms with van der Waals surface area (Å²) in [6, 6.07) is 28.8. The molecule has 0 spiro atoms. The fraction of sp³-hybridized carbons (Fsp3) is 0.206. The Kier molecular flexibility index (Phi) is 6.88. The first kappa shape index (κ1) is 26.3. The number of piperidine rings is 1. The lowest BCUT2D eigenvalue weighted by Gasteiger charge is -2.38. The van der Waals surface area contributed by atoms with Gasteiger partial charge in [-0.05, 0) is 72.9 Å². The maximum absolute atomic E-state index is 14.0. The number of nitrogens with zero attached hydrogens (tertiary/aromatic N) is 4. The van der Waals surface area contributed by atoms with Gasteiger partial charge in [-0.3, -0.25) is 9.59 Å². The number of benzene rings is 2. The summed E-state index contributed by atoms with van der Waals surface area (Å²) in [6.45, 7) is 1.96. The summed E-state index contributed by atoms with van der Waals surface area (Å²) >= 11 is 5.89. The third-order valence-corrected chi connectivity index (χ3v) is 8.61. The summed E-state index contributed by atoms with van der Waals surface area (Å²) in [6.07, 6.45) is 5.19. The number of rotatable bonds is 5. The van der Waals surface area contributed by atoms with Crippen LogP contribution in [0.4, 0.5) is 0 Å². The zero-order valence-electron chi connectivity index (χ0n) is 22.9. The van der Waals surface area contributed by atoms with Crippen LogP contribution < -0.4 is 4.74 Å². The van der Waals surface area contributed by atoms with Gasteiger partial charge < -0.3 is 18.9 Å². The molecule has 0 saturated carbocycles. The molecule has 210 valence electrons. The van der Waals surface area contributed by atoms with E-state index in [4.69, 9.17) is 16.3 Å². The van der Waals surface area contributed by atoms with Crippen LogP contribution in [0, 0.1) is 5.92 Å². The molecule has 2 aliphatic heterocycles. The third-order valence-electron chi connectivity index (χ3n) is 8.38. The van der Waals surface area contributed by atoms with Crippen molar-refractivity contribution < 1.29 is 14.3 Å². The fourth-order valence-corrected chi connectivity index (χ4v) is 6.43. The maximum Gasteiger partial charge on any atom is 0.256 e. The first-order valence-corrected chi connectivity index (χ1v) is 14.6. The van der Waals surface area contributed by atoms with Crippen LogP contribution in [0.2, 0.25) is 5.02 Å². The van der Waals surface area contributed by atoms with Crippen LogP contribution >= 0.6 is 11.6 Å². The number of aromatic nitrogens is 2. The highest BCUT2D eigenvalue weighted by Gasteiger charge is 2.42. The predicted molar refractivity (Wildman–Crippen MR) is 162 cm³/mol. The molecule has 5 aromatic rings. The summed E-state index contributed by atoms with van der Waals surface area (Å²) in [4.78, 5) is 35.5. The van der Waals surface area contributed by atoms with Gasteiger partial charge in [-0.1, -0.05) is 48.0 Å². The Morgan fingerprint density at radius 1 is 0.857 bits per heavy atom. The lowest BCUT2D eigenvalue weighted by Crippen LogP contribution is -2.49. The van der Waals surface area contributed by atoms with Crippen LogP contribution in [-0.4, -0.2) is 56.7 Å². The van der Waals surface area contributed by atoms with Crippen molar-refractivity contribution in [3.05, 3.63) is 120 Å². The molecule has 2 aliphatic rings. The molecule has 0 N–H and O–H groups in total. The van der Waals surface area contributed by atoms with Gasteiger partial charge in [-0.2, -0.15) is 0 Å². The number of ether oxygens (including phenoxy) is 1. The van der Waals surface area contributed by atoms with Gasteiger partial charge in [-0.15, -0.1) is 0 Å². The minimum absolute atomic E-state index is 0.000302. The lowest BCUT2D eigenvalue weighted by atomic mass is 9.92. The molecule has 0 bridgehead atoms. The van der Waals surface area contributed by atoms with E-state index in [1.54, 1.807) is 36.4 Å². The van der Waals surface area contributed by atoms with Crippen molar-refractivity contribution in [2.75, 3.05) is 19.6 Å². The van der Waals surface area contributed by atoms with E-state index in [-0.39, 0.29) is 23.8 Å². The molecule has 42 heavy (non-hydrogen) atoms. The standard InChI is InChI=1S/C34H29ClN4O3/c35-26-11-14-32(36-21-26)42-27-12-9-24(10-13-27)33(40)37-18-16-29-25(22-37)15-19-39(29)34(41)28-20-31(23-6-2-1-3-7-23)38-17-5-4-8-30(28)38/h1-14,17,20-21,25,29H,15-16,18-19,22H2/t25-,29+/m1/s1. The Morgan fingerprint density at radius 3 is 2.45 bits per heavy atom. The lowest BCUT2D eigenvalue weighted by molar-refractivity contribution is 0.0539. The quantitative estimate of drug-likeness (QED) is 0.230. The summed E-state index contributed by atoms with van der Waals surface area (Å²) in [7, 11) is 0. The zero-order chi connectivity index (χ0) is 28.6. The Hall–Kier alpha value is -4.62. The van der Waals surface area contributed by atoms with Gasteiger partial charge in [0.2, 0.25) is 5.88 Å². The first-order chi connectivity index (χ1) is 20.5. The molecule has 3 aromatic heterocycles. The van der Waals surface area contributed by atoms with Gasteiger partial charge in [0.25, 0.3) is 11.8 Å². The van der Waals surface area contributed by atoms with Crippen LogP contribution in [0.25, 0.3) is 16.8 Å². The SMILES string of the molecule is O=C(c1ccc(Oc2ccc(Cl)cn2)cc1)N1CC[C@H]2[C@H](CCN2C(=O)c2cc(-c3ccccc3)n3ccccc23)C1. The summed E-state index contributed by atoms with van der Waals surface area (Å²) in [5.74, 6) is 1.36. The van der Waals surface area contributed by atoms with E-state index in [9.17, 15) is 9.59 Å². The molecule has 2 aromatic carbocycles. The number of fused-ring (bicyclic) bond motifs is 2. The fourth-order valence-electron chi connectivity index (χ4n) is 6.32. The Morgan fingerprint density at radius 2 is 1.67 bits per heavy atom. The predicted octanol–water partition coefficient (Wildman–Crippen LogP) is 6.82. The van der Waals surface area contributed by atoms with Crippen molar-refractivity contribution in [3.63, 3.8) is 0 Å². The topological polar surface area (TPSA) is 67.2 Å². The van der Waals surface area contributed by atoms with Crippen molar-refractivity contribution >= 4 is 28.9 Å². The molecule has 2 atom stereocenters. The number of likely N-dealkylation sites (tertiary alicyclic amines) is 2. The average molecular weight is 577 g/mol. The first-order valence-electron chi connectivity index (χ1n) is 14.2. The third kappa shape index (κ3) is 4.90. The van der Waals surface area contributed by atoms with Crippen LogP contribution in [-0.2, 0) is 0 Å². The Bertz CT molecular complexity index is 1750. The van der Waals surface area contributed by atoms with Crippen molar-refractivity contribution in [3.8, 4) is 22.9 Å². The molecular formula is C34H29ClN4O3. The molecular weight excluding hydrogens is 548 g/mol. The minimum atomic E-state index is 0.000302. The Labute approximate surface area is 248 Å². The molecule has 2 amide bonds. The van der Waals surface area contributed by atoms with Gasteiger partial charge in [0.1, 0.15) is 5.75 Å². The molecule has 7 nitrogen and oxygen atoms in total. The number of hydrogen-bond donors (Lipinski definition) is 0. The highest BCUT2D eigenvalue weighted by Crippen LogP contribution is 2.35. The van der Waals surface area contributed by atoms with Gasteiger partial charge in [0.15, 0.2) is 0 Å². The van der Waals surface area contributed by atoms with Crippen LogP contribution in [0.3, 0.4) is 0 Å². The van der Waals surface area contributed by atoms with E-state index in [1.165, 1.54) is 6.20 Å². The Balaban J connectivity index is 1.04. The second-order valence-electron chi connectivity index (χ2n) is 10.9. The minimum Gasteiger partial charge on any atom is -0.439 e. The number of pyridine rings is 2. The summed E-state index contributed by atoms with van der Waals surface area (Å²) < 4.78 is 7.86. The van der Waals surface area contributed by atoms with Crippen molar-refractivity contribution in [1.29, 1.82) is 0 Å². The van der Waals surface area contributed by atoms with Gasteiger partial charge in [0.05, 0.1) is 21.8 Å². The normalized spacial score (nSPS) is 18.2. The van der Waals surface area contributed by atoms with E-state index < -0.39 is 0 Å². The highest BCUT2D eigenvalue weighted by atomic mass is 35.5. The highest BCUT2D eigenvalue weighted by molar-refractivity contribution is 6.30.